The van der Waals surface area contributed by atoms with E-state index in [1.54, 1.807) is 0 Å². The van der Waals surface area contributed by atoms with Crippen LogP contribution in [0, 0.1) is 0 Å². The first-order valence-corrected chi connectivity index (χ1v) is 11.9. The average molecular weight is 429 g/mol. The Labute approximate surface area is 188 Å². The van der Waals surface area contributed by atoms with Crippen LogP contribution in [0.4, 0.5) is 0 Å². The number of allylic oxidation sites excluding steroid dienone is 12. The third-order valence-corrected chi connectivity index (χ3v) is 7.48. The van der Waals surface area contributed by atoms with Gasteiger partial charge in [0.25, 0.3) is 0 Å². The van der Waals surface area contributed by atoms with Crippen LogP contribution in [0.1, 0.15) is 77.0 Å². The molecule has 0 amide bonds. The molecule has 0 radical (unpaired) electrons. The van der Waals surface area contributed by atoms with E-state index in [4.69, 9.17) is 0 Å². The standard InChI is InChI=1S/C14H16O2.C14H12O2/c2*15-13-9-5-1-2-6-10(9)14(16)12-8-4-3-7-11(12)13/h1-8H2;1-4H,5-8H2. The van der Waals surface area contributed by atoms with Crippen molar-refractivity contribution in [3.8, 4) is 0 Å². The Morgan fingerprint density at radius 3 is 0.812 bits per heavy atom. The van der Waals surface area contributed by atoms with Gasteiger partial charge in [0.1, 0.15) is 0 Å². The quantitative estimate of drug-likeness (QED) is 0.387. The van der Waals surface area contributed by atoms with Crippen LogP contribution >= 0.6 is 0 Å². The molecule has 6 aliphatic carbocycles. The first-order valence-electron chi connectivity index (χ1n) is 11.9. The first-order chi connectivity index (χ1) is 15.6. The second-order valence-corrected chi connectivity index (χ2v) is 9.32. The second-order valence-electron chi connectivity index (χ2n) is 9.32. The predicted molar refractivity (Wildman–Crippen MR) is 122 cm³/mol. The van der Waals surface area contributed by atoms with Crippen molar-refractivity contribution in [2.24, 2.45) is 0 Å². The Morgan fingerprint density at radius 2 is 0.562 bits per heavy atom. The van der Waals surface area contributed by atoms with Gasteiger partial charge in [-0.25, -0.2) is 0 Å². The van der Waals surface area contributed by atoms with Gasteiger partial charge in [-0.2, -0.15) is 0 Å². The summed E-state index contributed by atoms with van der Waals surface area (Å²) in [6.45, 7) is 0. The van der Waals surface area contributed by atoms with E-state index in [1.807, 2.05) is 24.3 Å². The summed E-state index contributed by atoms with van der Waals surface area (Å²) in [5.74, 6) is 0.643. The Morgan fingerprint density at radius 1 is 0.344 bits per heavy atom. The SMILES string of the molecule is O=C1C2=C(CC=CC2)C(=O)C2=C1CC=CC2.O=C1C2=C(CCCC2)C(=O)C2=C1CCCC2. The molecule has 4 nitrogen and oxygen atoms in total. The van der Waals surface area contributed by atoms with Gasteiger partial charge in [-0.15, -0.1) is 0 Å². The molecule has 4 heteroatoms. The number of Topliss-reactive ketones (excluding diaryl/α,β-unsaturated/α-hetero) is 4. The smallest absolute Gasteiger partial charge is 0.186 e. The number of hydrogen-bond donors (Lipinski definition) is 0. The van der Waals surface area contributed by atoms with E-state index in [-0.39, 0.29) is 23.1 Å². The van der Waals surface area contributed by atoms with E-state index >= 15 is 0 Å². The summed E-state index contributed by atoms with van der Waals surface area (Å²) in [6, 6.07) is 0. The lowest BCUT2D eigenvalue weighted by Gasteiger charge is -2.29. The molecule has 6 rings (SSSR count). The molecular weight excluding hydrogens is 400 g/mol. The molecule has 0 aromatic rings. The molecule has 0 fully saturated rings. The monoisotopic (exact) mass is 428 g/mol. The maximum atomic E-state index is 12.3. The fourth-order valence-corrected chi connectivity index (χ4v) is 5.76. The van der Waals surface area contributed by atoms with E-state index < -0.39 is 0 Å². The lowest BCUT2D eigenvalue weighted by Crippen LogP contribution is -2.27. The normalized spacial score (nSPS) is 24.8. The maximum absolute atomic E-state index is 12.3. The predicted octanol–water partition coefficient (Wildman–Crippen LogP) is 5.31. The molecule has 32 heavy (non-hydrogen) atoms. The highest BCUT2D eigenvalue weighted by molar-refractivity contribution is 6.26. The minimum absolute atomic E-state index is 0.110. The van der Waals surface area contributed by atoms with Gasteiger partial charge in [-0.05, 0) is 77.0 Å². The molecule has 0 spiro atoms. The highest BCUT2D eigenvalue weighted by Crippen LogP contribution is 2.39. The summed E-state index contributed by atoms with van der Waals surface area (Å²) >= 11 is 0. The average Bonchev–Trinajstić information content (AvgIpc) is 2.86. The number of carbonyl (C=O) groups excluding carboxylic acids is 4. The highest BCUT2D eigenvalue weighted by atomic mass is 16.1. The summed E-state index contributed by atoms with van der Waals surface area (Å²) < 4.78 is 0. The highest BCUT2D eigenvalue weighted by Gasteiger charge is 2.36. The number of ketones is 4. The van der Waals surface area contributed by atoms with Crippen molar-refractivity contribution in [3.05, 3.63) is 68.9 Å². The zero-order valence-electron chi connectivity index (χ0n) is 18.4. The Kier molecular flexibility index (Phi) is 5.62. The zero-order valence-corrected chi connectivity index (χ0v) is 18.4. The zero-order chi connectivity index (χ0) is 22.2. The first kappa shape index (κ1) is 21.0. The van der Waals surface area contributed by atoms with E-state index in [9.17, 15) is 19.2 Å². The summed E-state index contributed by atoms with van der Waals surface area (Å²) in [5.41, 5.74) is 6.38. The van der Waals surface area contributed by atoms with Gasteiger partial charge in [0, 0.05) is 44.6 Å². The van der Waals surface area contributed by atoms with E-state index in [2.05, 4.69) is 0 Å². The molecule has 164 valence electrons. The second kappa shape index (κ2) is 8.57. The fraction of sp³-hybridized carbons (Fsp3) is 0.429. The molecule has 0 aromatic carbocycles. The van der Waals surface area contributed by atoms with Crippen molar-refractivity contribution in [2.45, 2.75) is 77.0 Å². The molecule has 0 heterocycles. The Balaban J connectivity index is 0.000000135. The summed E-state index contributed by atoms with van der Waals surface area (Å²) in [5, 5.41) is 0. The number of carbonyl (C=O) groups is 4. The van der Waals surface area contributed by atoms with Crippen LogP contribution in [-0.4, -0.2) is 23.1 Å². The third kappa shape index (κ3) is 3.46. The van der Waals surface area contributed by atoms with Crippen LogP contribution in [0.25, 0.3) is 0 Å². The van der Waals surface area contributed by atoms with Gasteiger partial charge in [-0.3, -0.25) is 19.2 Å². The molecule has 0 bridgehead atoms. The van der Waals surface area contributed by atoms with Crippen molar-refractivity contribution >= 4 is 23.1 Å². The molecule has 0 saturated carbocycles. The fourth-order valence-electron chi connectivity index (χ4n) is 5.76. The molecule has 0 atom stereocenters. The molecule has 0 N–H and O–H groups in total. The van der Waals surface area contributed by atoms with Gasteiger partial charge in [-0.1, -0.05) is 24.3 Å². The van der Waals surface area contributed by atoms with Gasteiger partial charge < -0.3 is 0 Å². The van der Waals surface area contributed by atoms with Gasteiger partial charge in [0.05, 0.1) is 0 Å². The molecule has 6 aliphatic rings. The van der Waals surface area contributed by atoms with Crippen molar-refractivity contribution in [1.29, 1.82) is 0 Å². The van der Waals surface area contributed by atoms with Crippen LogP contribution in [-0.2, 0) is 19.2 Å². The van der Waals surface area contributed by atoms with E-state index in [1.165, 1.54) is 0 Å². The molecular formula is C28H28O4. The van der Waals surface area contributed by atoms with E-state index in [0.29, 0.717) is 25.7 Å². The number of hydrogen-bond acceptors (Lipinski definition) is 4. The van der Waals surface area contributed by atoms with Crippen LogP contribution in [0.2, 0.25) is 0 Å². The van der Waals surface area contributed by atoms with Crippen LogP contribution in [0.3, 0.4) is 0 Å². The summed E-state index contributed by atoms with van der Waals surface area (Å²) in [6.07, 6.45) is 18.0. The Hall–Kier alpha value is -2.88. The number of rotatable bonds is 0. The van der Waals surface area contributed by atoms with Crippen molar-refractivity contribution in [2.75, 3.05) is 0 Å². The summed E-state index contributed by atoms with van der Waals surface area (Å²) in [7, 11) is 0. The van der Waals surface area contributed by atoms with Crippen LogP contribution in [0.15, 0.2) is 68.9 Å². The lowest BCUT2D eigenvalue weighted by atomic mass is 9.73. The minimum atomic E-state index is 0.110. The van der Waals surface area contributed by atoms with Crippen LogP contribution < -0.4 is 0 Å². The largest absolute Gasteiger partial charge is 0.289 e. The topological polar surface area (TPSA) is 68.3 Å². The van der Waals surface area contributed by atoms with Gasteiger partial charge in [0.2, 0.25) is 0 Å². The molecule has 0 aliphatic heterocycles. The minimum Gasteiger partial charge on any atom is -0.289 e. The lowest BCUT2D eigenvalue weighted by molar-refractivity contribution is -0.117. The molecule has 0 saturated heterocycles. The van der Waals surface area contributed by atoms with Crippen molar-refractivity contribution in [1.82, 2.24) is 0 Å². The maximum Gasteiger partial charge on any atom is 0.186 e. The van der Waals surface area contributed by atoms with E-state index in [0.717, 1.165) is 96.0 Å². The van der Waals surface area contributed by atoms with Crippen LogP contribution in [0.5, 0.6) is 0 Å². The summed E-state index contributed by atoms with van der Waals surface area (Å²) in [4.78, 5) is 49.0. The molecule has 0 unspecified atom stereocenters. The molecule has 0 aromatic heterocycles. The van der Waals surface area contributed by atoms with Gasteiger partial charge in [0.15, 0.2) is 23.1 Å². The Bertz CT molecular complexity index is 920. The van der Waals surface area contributed by atoms with Crippen molar-refractivity contribution < 1.29 is 19.2 Å². The van der Waals surface area contributed by atoms with Crippen molar-refractivity contribution in [3.63, 3.8) is 0 Å². The van der Waals surface area contributed by atoms with Gasteiger partial charge >= 0.3 is 0 Å². The third-order valence-electron chi connectivity index (χ3n) is 7.48.